The molecule has 1 amide bonds. The minimum atomic E-state index is -0.191. The standard InChI is InChI=1S/C25H40N2O2/c1-16-20-8-9-22-19-7-6-17-14-18(27(4)23(28)29-5)10-12-24(17,2)21(19)11-13-25(20,22)15-26(16)3/h6,16,18-22H,7-15H2,1-5H3. The zero-order chi connectivity index (χ0) is 20.6. The SMILES string of the molecule is COC(=O)N(C)C1CCC2(C)C(=CCC3C2CCC24CN(C)C(C)C2CCC34)C1. The Hall–Kier alpha value is -1.03. The summed E-state index contributed by atoms with van der Waals surface area (Å²) in [6.45, 7) is 6.39. The van der Waals surface area contributed by atoms with Crippen molar-refractivity contribution in [3.8, 4) is 0 Å². The molecule has 0 aromatic rings. The molecule has 5 rings (SSSR count). The van der Waals surface area contributed by atoms with Crippen LogP contribution in [0.3, 0.4) is 0 Å². The molecule has 0 N–H and O–H groups in total. The molecule has 8 atom stereocenters. The fourth-order valence-electron chi connectivity index (χ4n) is 9.07. The Labute approximate surface area is 177 Å². The van der Waals surface area contributed by atoms with Crippen LogP contribution in [0.15, 0.2) is 11.6 Å². The number of likely N-dealkylation sites (tertiary alicyclic amines) is 1. The van der Waals surface area contributed by atoms with Crippen molar-refractivity contribution < 1.29 is 9.53 Å². The average Bonchev–Trinajstić information content (AvgIpc) is 3.20. The molecule has 0 radical (unpaired) electrons. The zero-order valence-electron chi connectivity index (χ0n) is 19.1. The van der Waals surface area contributed by atoms with Gasteiger partial charge in [-0.1, -0.05) is 18.6 Å². The van der Waals surface area contributed by atoms with Crippen molar-refractivity contribution in [1.29, 1.82) is 0 Å². The van der Waals surface area contributed by atoms with Gasteiger partial charge in [0.1, 0.15) is 0 Å². The van der Waals surface area contributed by atoms with Crippen LogP contribution in [0.5, 0.6) is 0 Å². The van der Waals surface area contributed by atoms with Gasteiger partial charge in [0.2, 0.25) is 0 Å². The molecule has 4 aliphatic carbocycles. The van der Waals surface area contributed by atoms with E-state index in [1.165, 1.54) is 52.2 Å². The van der Waals surface area contributed by atoms with E-state index in [0.29, 0.717) is 16.9 Å². The Kier molecular flexibility index (Phi) is 4.62. The molecule has 4 nitrogen and oxygen atoms in total. The van der Waals surface area contributed by atoms with Crippen molar-refractivity contribution in [3.05, 3.63) is 11.6 Å². The van der Waals surface area contributed by atoms with E-state index in [0.717, 1.165) is 42.6 Å². The lowest BCUT2D eigenvalue weighted by Crippen LogP contribution is -2.53. The number of nitrogens with zero attached hydrogens (tertiary/aromatic N) is 2. The van der Waals surface area contributed by atoms with Crippen molar-refractivity contribution in [3.63, 3.8) is 0 Å². The van der Waals surface area contributed by atoms with Crippen LogP contribution in [0.1, 0.15) is 65.2 Å². The van der Waals surface area contributed by atoms with E-state index in [1.54, 1.807) is 5.57 Å². The third kappa shape index (κ3) is 2.63. The molecule has 1 saturated heterocycles. The second-order valence-electron chi connectivity index (χ2n) is 11.3. The summed E-state index contributed by atoms with van der Waals surface area (Å²) in [6.07, 6.45) is 12.9. The molecular weight excluding hydrogens is 360 g/mol. The first-order valence-corrected chi connectivity index (χ1v) is 12.0. The van der Waals surface area contributed by atoms with Gasteiger partial charge in [0.05, 0.1) is 7.11 Å². The summed E-state index contributed by atoms with van der Waals surface area (Å²) >= 11 is 0. The highest BCUT2D eigenvalue weighted by Crippen LogP contribution is 2.68. The molecule has 1 spiro atoms. The van der Waals surface area contributed by atoms with Gasteiger partial charge in [-0.05, 0) is 99.8 Å². The van der Waals surface area contributed by atoms with Crippen LogP contribution >= 0.6 is 0 Å². The lowest BCUT2D eigenvalue weighted by molar-refractivity contribution is -0.0433. The minimum Gasteiger partial charge on any atom is -0.453 e. The Morgan fingerprint density at radius 3 is 2.69 bits per heavy atom. The molecule has 4 heteroatoms. The number of fused-ring (bicyclic) bond motifs is 4. The molecule has 8 unspecified atom stereocenters. The van der Waals surface area contributed by atoms with Gasteiger partial charge in [-0.15, -0.1) is 0 Å². The summed E-state index contributed by atoms with van der Waals surface area (Å²) in [6, 6.07) is 1.07. The number of carbonyl (C=O) groups excluding carboxylic acids is 1. The third-order valence-electron chi connectivity index (χ3n) is 10.7. The first-order valence-electron chi connectivity index (χ1n) is 12.0. The number of ether oxygens (including phenoxy) is 1. The van der Waals surface area contributed by atoms with Gasteiger partial charge in [0, 0.05) is 25.7 Å². The van der Waals surface area contributed by atoms with Crippen LogP contribution in [0.4, 0.5) is 4.79 Å². The zero-order valence-corrected chi connectivity index (χ0v) is 19.1. The maximum Gasteiger partial charge on any atom is 0.409 e. The Bertz CT molecular complexity index is 720. The normalized spacial score (nSPS) is 48.8. The Morgan fingerprint density at radius 2 is 1.93 bits per heavy atom. The highest BCUT2D eigenvalue weighted by atomic mass is 16.5. The quantitative estimate of drug-likeness (QED) is 0.584. The van der Waals surface area contributed by atoms with E-state index >= 15 is 0 Å². The van der Waals surface area contributed by atoms with Crippen molar-refractivity contribution in [2.45, 2.75) is 77.3 Å². The number of allylic oxidation sites excluding steroid dienone is 1. The molecule has 1 aliphatic heterocycles. The lowest BCUT2D eigenvalue weighted by Gasteiger charge is -2.58. The van der Waals surface area contributed by atoms with Crippen molar-refractivity contribution in [2.75, 3.05) is 27.7 Å². The summed E-state index contributed by atoms with van der Waals surface area (Å²) in [5.74, 6) is 3.60. The number of rotatable bonds is 1. The summed E-state index contributed by atoms with van der Waals surface area (Å²) in [7, 11) is 5.76. The van der Waals surface area contributed by atoms with Crippen LogP contribution < -0.4 is 0 Å². The van der Waals surface area contributed by atoms with Crippen LogP contribution in [0.2, 0.25) is 0 Å². The van der Waals surface area contributed by atoms with Gasteiger partial charge >= 0.3 is 6.09 Å². The molecule has 0 aromatic carbocycles. The van der Waals surface area contributed by atoms with Crippen LogP contribution in [-0.4, -0.2) is 55.7 Å². The van der Waals surface area contributed by atoms with E-state index in [-0.39, 0.29) is 6.09 Å². The van der Waals surface area contributed by atoms with Crippen LogP contribution in [0.25, 0.3) is 0 Å². The largest absolute Gasteiger partial charge is 0.453 e. The van der Waals surface area contributed by atoms with Crippen molar-refractivity contribution in [2.24, 2.45) is 34.5 Å². The first kappa shape index (κ1) is 19.9. The maximum absolute atomic E-state index is 12.0. The minimum absolute atomic E-state index is 0.191. The summed E-state index contributed by atoms with van der Waals surface area (Å²) in [5, 5.41) is 0. The summed E-state index contributed by atoms with van der Waals surface area (Å²) in [5.41, 5.74) is 2.61. The molecule has 162 valence electrons. The van der Waals surface area contributed by atoms with Gasteiger partial charge in [0.25, 0.3) is 0 Å². The number of carbonyl (C=O) groups is 1. The molecule has 0 aromatic heterocycles. The molecule has 5 aliphatic rings. The van der Waals surface area contributed by atoms with Gasteiger partial charge in [-0.3, -0.25) is 0 Å². The van der Waals surface area contributed by atoms with E-state index in [4.69, 9.17) is 4.74 Å². The fraction of sp³-hybridized carbons (Fsp3) is 0.880. The highest BCUT2D eigenvalue weighted by Gasteiger charge is 2.64. The molecule has 3 saturated carbocycles. The molecule has 29 heavy (non-hydrogen) atoms. The second-order valence-corrected chi connectivity index (χ2v) is 11.3. The predicted molar refractivity (Wildman–Crippen MR) is 116 cm³/mol. The van der Waals surface area contributed by atoms with E-state index in [9.17, 15) is 4.79 Å². The average molecular weight is 401 g/mol. The molecule has 4 fully saturated rings. The molecule has 0 bridgehead atoms. The van der Waals surface area contributed by atoms with E-state index in [1.807, 2.05) is 11.9 Å². The molecule has 1 heterocycles. The van der Waals surface area contributed by atoms with E-state index < -0.39 is 0 Å². The topological polar surface area (TPSA) is 32.8 Å². The number of hydrogen-bond acceptors (Lipinski definition) is 3. The van der Waals surface area contributed by atoms with Gasteiger partial charge in [-0.2, -0.15) is 0 Å². The Morgan fingerprint density at radius 1 is 1.17 bits per heavy atom. The smallest absolute Gasteiger partial charge is 0.409 e. The number of amides is 1. The number of methoxy groups -OCH3 is 1. The highest BCUT2D eigenvalue weighted by molar-refractivity contribution is 5.67. The summed E-state index contributed by atoms with van der Waals surface area (Å²) < 4.78 is 4.98. The van der Waals surface area contributed by atoms with Gasteiger partial charge < -0.3 is 14.5 Å². The molecular formula is C25H40N2O2. The fourth-order valence-corrected chi connectivity index (χ4v) is 9.07. The van der Waals surface area contributed by atoms with E-state index in [2.05, 4.69) is 31.9 Å². The maximum atomic E-state index is 12.0. The Balaban J connectivity index is 1.40. The second kappa shape index (κ2) is 6.73. The monoisotopic (exact) mass is 400 g/mol. The van der Waals surface area contributed by atoms with Gasteiger partial charge in [-0.25, -0.2) is 4.79 Å². The summed E-state index contributed by atoms with van der Waals surface area (Å²) in [4.78, 5) is 16.5. The lowest BCUT2D eigenvalue weighted by atomic mass is 9.47. The third-order valence-corrected chi connectivity index (χ3v) is 10.7. The van der Waals surface area contributed by atoms with Gasteiger partial charge in [0.15, 0.2) is 0 Å². The van der Waals surface area contributed by atoms with Crippen molar-refractivity contribution in [1.82, 2.24) is 9.80 Å². The predicted octanol–water partition coefficient (Wildman–Crippen LogP) is 4.95. The van der Waals surface area contributed by atoms with Crippen LogP contribution in [-0.2, 0) is 4.74 Å². The van der Waals surface area contributed by atoms with Crippen molar-refractivity contribution >= 4 is 6.09 Å². The first-order chi connectivity index (χ1) is 13.8. The number of hydrogen-bond donors (Lipinski definition) is 0. The van der Waals surface area contributed by atoms with Crippen LogP contribution in [0, 0.1) is 34.5 Å².